The van der Waals surface area contributed by atoms with Crippen molar-refractivity contribution in [1.82, 2.24) is 0 Å². The van der Waals surface area contributed by atoms with Crippen LogP contribution in [0.25, 0.3) is 0 Å². The van der Waals surface area contributed by atoms with Crippen molar-refractivity contribution in [3.05, 3.63) is 83.7 Å². The fourth-order valence-corrected chi connectivity index (χ4v) is 4.82. The van der Waals surface area contributed by atoms with Crippen LogP contribution < -0.4 is 13.8 Å². The van der Waals surface area contributed by atoms with Gasteiger partial charge in [0.15, 0.2) is 0 Å². The minimum Gasteiger partial charge on any atom is -0.497 e. The Hall–Kier alpha value is -3.06. The molecule has 0 aliphatic carbocycles. The number of nitrogens with zero attached hydrogens (tertiary/aromatic N) is 1. The van der Waals surface area contributed by atoms with Gasteiger partial charge < -0.3 is 9.47 Å². The molecule has 0 aliphatic heterocycles. The van der Waals surface area contributed by atoms with Crippen molar-refractivity contribution < 1.29 is 22.3 Å². The summed E-state index contributed by atoms with van der Waals surface area (Å²) in [6.45, 7) is 3.38. The minimum atomic E-state index is -4.05. The van der Waals surface area contributed by atoms with Crippen LogP contribution in [0.1, 0.15) is 24.1 Å². The van der Waals surface area contributed by atoms with Crippen LogP contribution in [0, 0.1) is 12.7 Å². The highest BCUT2D eigenvalue weighted by atomic mass is 32.2. The van der Waals surface area contributed by atoms with Crippen molar-refractivity contribution in [3.8, 4) is 11.5 Å². The summed E-state index contributed by atoms with van der Waals surface area (Å²) in [5.41, 5.74) is 1.59. The van der Waals surface area contributed by atoms with E-state index in [9.17, 15) is 12.8 Å². The summed E-state index contributed by atoms with van der Waals surface area (Å²) in [5, 5.41) is 0. The molecule has 3 rings (SSSR count). The largest absolute Gasteiger partial charge is 0.497 e. The van der Waals surface area contributed by atoms with Gasteiger partial charge in [0.2, 0.25) is 0 Å². The number of hydrogen-bond acceptors (Lipinski definition) is 4. The van der Waals surface area contributed by atoms with Crippen molar-refractivity contribution in [2.24, 2.45) is 0 Å². The number of halogens is 1. The molecular formula is C23H24FNO4S. The number of ether oxygens (including phenoxy) is 2. The number of anilines is 1. The predicted molar refractivity (Wildman–Crippen MR) is 115 cm³/mol. The first-order valence-corrected chi connectivity index (χ1v) is 10.8. The molecule has 158 valence electrons. The first kappa shape index (κ1) is 21.6. The fourth-order valence-electron chi connectivity index (χ4n) is 3.17. The molecule has 1 unspecified atom stereocenters. The SMILES string of the molecule is COc1ccc(C(C)N(c2ccc(OC)cc2)S(=O)(=O)c2ccc(C)c(F)c2)cc1. The molecule has 0 saturated heterocycles. The van der Waals surface area contributed by atoms with Crippen LogP contribution in [0.5, 0.6) is 11.5 Å². The van der Waals surface area contributed by atoms with E-state index in [1.54, 1.807) is 64.5 Å². The molecule has 0 aromatic heterocycles. The normalized spacial score (nSPS) is 12.3. The van der Waals surface area contributed by atoms with Crippen molar-refractivity contribution in [2.45, 2.75) is 24.8 Å². The minimum absolute atomic E-state index is 0.109. The summed E-state index contributed by atoms with van der Waals surface area (Å²) in [6, 6.07) is 17.3. The van der Waals surface area contributed by atoms with Gasteiger partial charge in [-0.05, 0) is 73.5 Å². The van der Waals surface area contributed by atoms with Crippen LogP contribution in [0.3, 0.4) is 0 Å². The summed E-state index contributed by atoms with van der Waals surface area (Å²) in [7, 11) is -0.947. The molecule has 5 nitrogen and oxygen atoms in total. The Morgan fingerprint density at radius 1 is 0.867 bits per heavy atom. The van der Waals surface area contributed by atoms with E-state index < -0.39 is 21.9 Å². The molecule has 0 heterocycles. The van der Waals surface area contributed by atoms with E-state index in [-0.39, 0.29) is 4.90 Å². The number of sulfonamides is 1. The van der Waals surface area contributed by atoms with E-state index in [2.05, 4.69) is 0 Å². The Kier molecular flexibility index (Phi) is 6.31. The highest BCUT2D eigenvalue weighted by molar-refractivity contribution is 7.92. The third-order valence-electron chi connectivity index (χ3n) is 4.98. The smallest absolute Gasteiger partial charge is 0.264 e. The number of benzene rings is 3. The average Bonchev–Trinajstić information content (AvgIpc) is 2.76. The Balaban J connectivity index is 2.13. The lowest BCUT2D eigenvalue weighted by Crippen LogP contribution is -2.33. The first-order chi connectivity index (χ1) is 14.3. The number of methoxy groups -OCH3 is 2. The van der Waals surface area contributed by atoms with Crippen LogP contribution in [0.2, 0.25) is 0 Å². The zero-order valence-corrected chi connectivity index (χ0v) is 18.1. The Bertz CT molecular complexity index is 1110. The quantitative estimate of drug-likeness (QED) is 0.524. The molecule has 0 spiro atoms. The van der Waals surface area contributed by atoms with Gasteiger partial charge in [0.1, 0.15) is 17.3 Å². The van der Waals surface area contributed by atoms with Gasteiger partial charge in [-0.2, -0.15) is 0 Å². The molecule has 0 amide bonds. The summed E-state index contributed by atoms with van der Waals surface area (Å²) in [4.78, 5) is -0.109. The molecule has 1 atom stereocenters. The van der Waals surface area contributed by atoms with Crippen molar-refractivity contribution in [2.75, 3.05) is 18.5 Å². The van der Waals surface area contributed by atoms with Gasteiger partial charge in [-0.3, -0.25) is 4.31 Å². The molecule has 0 fully saturated rings. The summed E-state index contributed by atoms with van der Waals surface area (Å²) >= 11 is 0. The Morgan fingerprint density at radius 3 is 1.90 bits per heavy atom. The van der Waals surface area contributed by atoms with Gasteiger partial charge in [0.25, 0.3) is 10.0 Å². The van der Waals surface area contributed by atoms with E-state index in [1.165, 1.54) is 16.4 Å². The van der Waals surface area contributed by atoms with E-state index in [1.807, 2.05) is 12.1 Å². The second kappa shape index (κ2) is 8.75. The second-order valence-electron chi connectivity index (χ2n) is 6.86. The van der Waals surface area contributed by atoms with E-state index in [0.29, 0.717) is 22.7 Å². The molecule has 0 bridgehead atoms. The summed E-state index contributed by atoms with van der Waals surface area (Å²) in [5.74, 6) is 0.711. The van der Waals surface area contributed by atoms with Crippen molar-refractivity contribution >= 4 is 15.7 Å². The molecular weight excluding hydrogens is 405 g/mol. The average molecular weight is 430 g/mol. The lowest BCUT2D eigenvalue weighted by molar-refractivity contribution is 0.414. The topological polar surface area (TPSA) is 55.8 Å². The molecule has 0 saturated carbocycles. The third kappa shape index (κ3) is 4.26. The van der Waals surface area contributed by atoms with Gasteiger partial charge in [0.05, 0.1) is 30.8 Å². The monoisotopic (exact) mass is 429 g/mol. The molecule has 0 radical (unpaired) electrons. The lowest BCUT2D eigenvalue weighted by atomic mass is 10.1. The lowest BCUT2D eigenvalue weighted by Gasteiger charge is -2.31. The van der Waals surface area contributed by atoms with E-state index in [0.717, 1.165) is 11.6 Å². The highest BCUT2D eigenvalue weighted by Crippen LogP contribution is 2.35. The van der Waals surface area contributed by atoms with Gasteiger partial charge in [-0.1, -0.05) is 18.2 Å². The van der Waals surface area contributed by atoms with E-state index >= 15 is 0 Å². The van der Waals surface area contributed by atoms with Crippen LogP contribution in [-0.4, -0.2) is 22.6 Å². The zero-order valence-electron chi connectivity index (χ0n) is 17.3. The van der Waals surface area contributed by atoms with E-state index in [4.69, 9.17) is 9.47 Å². The van der Waals surface area contributed by atoms with Crippen LogP contribution in [0.4, 0.5) is 10.1 Å². The Morgan fingerprint density at radius 2 is 1.40 bits per heavy atom. The van der Waals surface area contributed by atoms with Gasteiger partial charge in [-0.25, -0.2) is 12.8 Å². The van der Waals surface area contributed by atoms with Crippen molar-refractivity contribution in [1.29, 1.82) is 0 Å². The number of rotatable bonds is 7. The second-order valence-corrected chi connectivity index (χ2v) is 8.67. The number of hydrogen-bond donors (Lipinski definition) is 0. The molecule has 30 heavy (non-hydrogen) atoms. The Labute approximate surface area is 176 Å². The molecule has 0 N–H and O–H groups in total. The summed E-state index contributed by atoms with van der Waals surface area (Å²) < 4.78 is 53.0. The first-order valence-electron chi connectivity index (χ1n) is 9.36. The molecule has 3 aromatic rings. The maximum Gasteiger partial charge on any atom is 0.264 e. The number of aryl methyl sites for hydroxylation is 1. The van der Waals surface area contributed by atoms with Crippen LogP contribution in [-0.2, 0) is 10.0 Å². The molecule has 3 aromatic carbocycles. The van der Waals surface area contributed by atoms with Crippen LogP contribution >= 0.6 is 0 Å². The standard InChI is InChI=1S/C23H24FNO4S/c1-16-5-14-22(15-23(16)24)30(26,27)25(19-8-12-21(29-4)13-9-19)17(2)18-6-10-20(28-3)11-7-18/h5-15,17H,1-4H3. The maximum atomic E-state index is 14.2. The zero-order chi connectivity index (χ0) is 21.9. The summed E-state index contributed by atoms with van der Waals surface area (Å²) in [6.07, 6.45) is 0. The van der Waals surface area contributed by atoms with Gasteiger partial charge in [-0.15, -0.1) is 0 Å². The molecule has 7 heteroatoms. The van der Waals surface area contributed by atoms with Gasteiger partial charge >= 0.3 is 0 Å². The third-order valence-corrected chi connectivity index (χ3v) is 6.87. The fraction of sp³-hybridized carbons (Fsp3) is 0.217. The predicted octanol–water partition coefficient (Wildman–Crippen LogP) is 5.11. The van der Waals surface area contributed by atoms with Crippen LogP contribution in [0.15, 0.2) is 71.6 Å². The molecule has 0 aliphatic rings. The highest BCUT2D eigenvalue weighted by Gasteiger charge is 2.31. The maximum absolute atomic E-state index is 14.2. The van der Waals surface area contributed by atoms with Gasteiger partial charge in [0, 0.05) is 0 Å². The van der Waals surface area contributed by atoms with Crippen molar-refractivity contribution in [3.63, 3.8) is 0 Å².